The normalized spacial score (nSPS) is 13.4. The molecular formula is C16H27NO. The SMILES string of the molecule is CNC(CCCc1ccccc1OC)C(C)(C)C. The zero-order valence-corrected chi connectivity index (χ0v) is 12.4. The van der Waals surface area contributed by atoms with Gasteiger partial charge in [0.1, 0.15) is 5.75 Å². The first-order valence-electron chi connectivity index (χ1n) is 6.78. The van der Waals surface area contributed by atoms with Crippen LogP contribution in [0.3, 0.4) is 0 Å². The molecule has 0 fully saturated rings. The van der Waals surface area contributed by atoms with Crippen molar-refractivity contribution >= 4 is 0 Å². The second-order valence-electron chi connectivity index (χ2n) is 5.91. The fourth-order valence-electron chi connectivity index (χ4n) is 2.42. The fourth-order valence-corrected chi connectivity index (χ4v) is 2.42. The van der Waals surface area contributed by atoms with Crippen LogP contribution < -0.4 is 10.1 Å². The van der Waals surface area contributed by atoms with Gasteiger partial charge in [-0.15, -0.1) is 0 Å². The fraction of sp³-hybridized carbons (Fsp3) is 0.625. The Hall–Kier alpha value is -1.02. The summed E-state index contributed by atoms with van der Waals surface area (Å²) in [7, 11) is 3.80. The van der Waals surface area contributed by atoms with Gasteiger partial charge >= 0.3 is 0 Å². The lowest BCUT2D eigenvalue weighted by Gasteiger charge is -2.30. The Kier molecular flexibility index (Phi) is 5.67. The van der Waals surface area contributed by atoms with E-state index in [1.165, 1.54) is 18.4 Å². The van der Waals surface area contributed by atoms with Crippen molar-refractivity contribution in [1.82, 2.24) is 5.32 Å². The maximum Gasteiger partial charge on any atom is 0.122 e. The predicted octanol–water partition coefficient (Wildman–Crippen LogP) is 3.65. The maximum absolute atomic E-state index is 5.38. The summed E-state index contributed by atoms with van der Waals surface area (Å²) in [5.74, 6) is 1.01. The Morgan fingerprint density at radius 2 is 1.89 bits per heavy atom. The van der Waals surface area contributed by atoms with Gasteiger partial charge in [0, 0.05) is 6.04 Å². The van der Waals surface area contributed by atoms with Gasteiger partial charge in [-0.25, -0.2) is 0 Å². The van der Waals surface area contributed by atoms with Gasteiger partial charge in [0.25, 0.3) is 0 Å². The molecule has 1 N–H and O–H groups in total. The molecule has 2 nitrogen and oxygen atoms in total. The Balaban J connectivity index is 2.50. The van der Waals surface area contributed by atoms with Gasteiger partial charge in [0.15, 0.2) is 0 Å². The molecule has 1 rings (SSSR count). The van der Waals surface area contributed by atoms with Crippen molar-refractivity contribution in [3.05, 3.63) is 29.8 Å². The minimum absolute atomic E-state index is 0.315. The summed E-state index contributed by atoms with van der Waals surface area (Å²) in [6.45, 7) is 6.87. The van der Waals surface area contributed by atoms with E-state index in [2.05, 4.69) is 45.3 Å². The van der Waals surface area contributed by atoms with Gasteiger partial charge in [0.2, 0.25) is 0 Å². The van der Waals surface area contributed by atoms with Crippen molar-refractivity contribution in [3.63, 3.8) is 0 Å². The molecule has 1 aromatic rings. The van der Waals surface area contributed by atoms with E-state index in [-0.39, 0.29) is 0 Å². The van der Waals surface area contributed by atoms with Crippen LogP contribution in [0.2, 0.25) is 0 Å². The van der Waals surface area contributed by atoms with Crippen LogP contribution in [0.5, 0.6) is 5.75 Å². The number of nitrogens with one attached hydrogen (secondary N) is 1. The Bertz CT molecular complexity index is 354. The van der Waals surface area contributed by atoms with Crippen LogP contribution in [-0.2, 0) is 6.42 Å². The van der Waals surface area contributed by atoms with Crippen LogP contribution in [0, 0.1) is 5.41 Å². The molecule has 0 heterocycles. The number of benzene rings is 1. The summed E-state index contributed by atoms with van der Waals surface area (Å²) < 4.78 is 5.38. The molecule has 102 valence electrons. The topological polar surface area (TPSA) is 21.3 Å². The highest BCUT2D eigenvalue weighted by molar-refractivity contribution is 5.33. The van der Waals surface area contributed by atoms with E-state index in [0.29, 0.717) is 11.5 Å². The lowest BCUT2D eigenvalue weighted by Crippen LogP contribution is -2.37. The van der Waals surface area contributed by atoms with Crippen molar-refractivity contribution < 1.29 is 4.74 Å². The number of hydrogen-bond donors (Lipinski definition) is 1. The van der Waals surface area contributed by atoms with Gasteiger partial charge in [-0.1, -0.05) is 39.0 Å². The Labute approximate surface area is 112 Å². The lowest BCUT2D eigenvalue weighted by molar-refractivity contribution is 0.263. The number of para-hydroxylation sites is 1. The molecule has 0 spiro atoms. The molecule has 1 aromatic carbocycles. The molecule has 0 radical (unpaired) electrons. The van der Waals surface area contributed by atoms with E-state index in [0.717, 1.165) is 12.2 Å². The number of aryl methyl sites for hydroxylation is 1. The molecule has 0 aliphatic rings. The van der Waals surface area contributed by atoms with Crippen LogP contribution in [0.4, 0.5) is 0 Å². The largest absolute Gasteiger partial charge is 0.496 e. The molecule has 1 unspecified atom stereocenters. The van der Waals surface area contributed by atoms with E-state index in [1.807, 2.05) is 12.1 Å². The highest BCUT2D eigenvalue weighted by Gasteiger charge is 2.22. The van der Waals surface area contributed by atoms with Crippen LogP contribution in [-0.4, -0.2) is 20.2 Å². The minimum Gasteiger partial charge on any atom is -0.496 e. The van der Waals surface area contributed by atoms with Crippen LogP contribution in [0.25, 0.3) is 0 Å². The highest BCUT2D eigenvalue weighted by Crippen LogP contribution is 2.25. The standard InChI is InChI=1S/C16H27NO/c1-16(2,3)15(17-4)12-8-10-13-9-6-7-11-14(13)18-5/h6-7,9,11,15,17H,8,10,12H2,1-5H3. The summed E-state index contributed by atoms with van der Waals surface area (Å²) in [5, 5.41) is 3.43. The third-order valence-corrected chi connectivity index (χ3v) is 3.53. The molecule has 18 heavy (non-hydrogen) atoms. The van der Waals surface area contributed by atoms with Gasteiger partial charge in [-0.2, -0.15) is 0 Å². The van der Waals surface area contributed by atoms with Gasteiger partial charge in [-0.05, 0) is 43.4 Å². The average molecular weight is 249 g/mol. The first-order chi connectivity index (χ1) is 8.49. The molecule has 0 saturated heterocycles. The van der Waals surface area contributed by atoms with E-state index < -0.39 is 0 Å². The van der Waals surface area contributed by atoms with E-state index in [9.17, 15) is 0 Å². The third-order valence-electron chi connectivity index (χ3n) is 3.53. The summed E-state index contributed by atoms with van der Waals surface area (Å²) >= 11 is 0. The van der Waals surface area contributed by atoms with Crippen molar-refractivity contribution in [1.29, 1.82) is 0 Å². The average Bonchev–Trinajstić information content (AvgIpc) is 2.33. The summed E-state index contributed by atoms with van der Waals surface area (Å²) in [6, 6.07) is 8.86. The lowest BCUT2D eigenvalue weighted by atomic mass is 9.83. The number of hydrogen-bond acceptors (Lipinski definition) is 2. The van der Waals surface area contributed by atoms with Crippen molar-refractivity contribution in [2.45, 2.75) is 46.1 Å². The number of methoxy groups -OCH3 is 1. The van der Waals surface area contributed by atoms with Gasteiger partial charge in [-0.3, -0.25) is 0 Å². The zero-order chi connectivity index (χ0) is 13.6. The predicted molar refractivity (Wildman–Crippen MR) is 78.2 cm³/mol. The highest BCUT2D eigenvalue weighted by atomic mass is 16.5. The first kappa shape index (κ1) is 15.0. The van der Waals surface area contributed by atoms with Gasteiger partial charge < -0.3 is 10.1 Å². The molecule has 0 aliphatic heterocycles. The van der Waals surface area contributed by atoms with Crippen molar-refractivity contribution in [2.24, 2.45) is 5.41 Å². The maximum atomic E-state index is 5.38. The van der Waals surface area contributed by atoms with Crippen molar-refractivity contribution in [3.8, 4) is 5.75 Å². The van der Waals surface area contributed by atoms with E-state index >= 15 is 0 Å². The van der Waals surface area contributed by atoms with E-state index in [4.69, 9.17) is 4.74 Å². The smallest absolute Gasteiger partial charge is 0.122 e. The monoisotopic (exact) mass is 249 g/mol. The van der Waals surface area contributed by atoms with Crippen LogP contribution in [0.15, 0.2) is 24.3 Å². The summed E-state index contributed by atoms with van der Waals surface area (Å²) in [6.07, 6.45) is 3.46. The molecule has 0 amide bonds. The van der Waals surface area contributed by atoms with Crippen LogP contribution >= 0.6 is 0 Å². The zero-order valence-electron chi connectivity index (χ0n) is 12.4. The molecule has 0 bridgehead atoms. The quantitative estimate of drug-likeness (QED) is 0.831. The molecule has 0 saturated carbocycles. The van der Waals surface area contributed by atoms with Crippen LogP contribution in [0.1, 0.15) is 39.2 Å². The minimum atomic E-state index is 0.315. The number of rotatable bonds is 6. The third kappa shape index (κ3) is 4.34. The first-order valence-corrected chi connectivity index (χ1v) is 6.78. The molecule has 0 aromatic heterocycles. The number of ether oxygens (including phenoxy) is 1. The van der Waals surface area contributed by atoms with E-state index in [1.54, 1.807) is 7.11 Å². The molecule has 1 atom stereocenters. The summed E-state index contributed by atoms with van der Waals surface area (Å²) in [5.41, 5.74) is 1.62. The van der Waals surface area contributed by atoms with Crippen molar-refractivity contribution in [2.75, 3.05) is 14.2 Å². The second-order valence-corrected chi connectivity index (χ2v) is 5.91. The van der Waals surface area contributed by atoms with Gasteiger partial charge in [0.05, 0.1) is 7.11 Å². The Morgan fingerprint density at radius 1 is 1.22 bits per heavy atom. The summed E-state index contributed by atoms with van der Waals surface area (Å²) in [4.78, 5) is 0. The molecule has 2 heteroatoms. The molecular weight excluding hydrogens is 222 g/mol. The Morgan fingerprint density at radius 3 is 2.44 bits per heavy atom. The molecule has 0 aliphatic carbocycles. The second kappa shape index (κ2) is 6.79.